The standard InChI is InChI=1S/C24H27N3O4S/c1-30-20-12-11-17(13-21(20)31-2)25-22(28)16-9-7-15(8-10-16)14-27-23(29)18-5-3-4-6-19(18)26-24(27)32/h3-6,11-13,15-16,18H,7-10,14H2,1-2H3,(H,25,28). The molecule has 0 saturated heterocycles. The van der Waals surface area contributed by atoms with Crippen molar-refractivity contribution < 1.29 is 19.1 Å². The first-order chi connectivity index (χ1) is 15.5. The molecule has 1 N–H and O–H groups in total. The summed E-state index contributed by atoms with van der Waals surface area (Å²) in [6, 6.07) is 5.33. The monoisotopic (exact) mass is 453 g/mol. The zero-order valence-corrected chi connectivity index (χ0v) is 19.1. The molecule has 32 heavy (non-hydrogen) atoms. The molecule has 1 saturated carbocycles. The van der Waals surface area contributed by atoms with Crippen molar-refractivity contribution in [1.29, 1.82) is 0 Å². The molecule has 0 bridgehead atoms. The van der Waals surface area contributed by atoms with E-state index in [1.807, 2.05) is 24.3 Å². The minimum atomic E-state index is -0.338. The van der Waals surface area contributed by atoms with Crippen LogP contribution < -0.4 is 14.8 Å². The number of fused-ring (bicyclic) bond motifs is 1. The number of ether oxygens (including phenoxy) is 2. The maximum Gasteiger partial charge on any atom is 0.241 e. The molecule has 8 heteroatoms. The number of benzene rings is 1. The van der Waals surface area contributed by atoms with E-state index in [0.29, 0.717) is 40.5 Å². The van der Waals surface area contributed by atoms with Gasteiger partial charge in [-0.15, -0.1) is 0 Å². The molecule has 7 nitrogen and oxygen atoms in total. The van der Waals surface area contributed by atoms with Gasteiger partial charge in [0.2, 0.25) is 16.9 Å². The van der Waals surface area contributed by atoms with E-state index in [4.69, 9.17) is 21.7 Å². The first-order valence-corrected chi connectivity index (χ1v) is 11.2. The molecule has 1 aromatic carbocycles. The first kappa shape index (κ1) is 22.2. The maximum atomic E-state index is 12.9. The van der Waals surface area contributed by atoms with Crippen molar-refractivity contribution in [3.63, 3.8) is 0 Å². The highest BCUT2D eigenvalue weighted by atomic mass is 32.1. The van der Waals surface area contributed by atoms with Crippen molar-refractivity contribution >= 4 is 40.5 Å². The Balaban J connectivity index is 1.31. The third-order valence-corrected chi connectivity index (χ3v) is 6.61. The lowest BCUT2D eigenvalue weighted by Gasteiger charge is -2.35. The van der Waals surface area contributed by atoms with E-state index in [-0.39, 0.29) is 23.7 Å². The number of carbonyl (C=O) groups is 2. The molecule has 2 aliphatic carbocycles. The molecule has 1 aromatic rings. The summed E-state index contributed by atoms with van der Waals surface area (Å²) in [5.74, 6) is 1.11. The first-order valence-electron chi connectivity index (χ1n) is 10.8. The fourth-order valence-corrected chi connectivity index (χ4v) is 4.74. The van der Waals surface area contributed by atoms with E-state index >= 15 is 0 Å². The average molecular weight is 454 g/mol. The molecule has 1 aliphatic heterocycles. The van der Waals surface area contributed by atoms with E-state index in [0.717, 1.165) is 25.7 Å². The normalized spacial score (nSPS) is 24.6. The van der Waals surface area contributed by atoms with Crippen LogP contribution in [0.5, 0.6) is 11.5 Å². The Kier molecular flexibility index (Phi) is 6.69. The smallest absolute Gasteiger partial charge is 0.241 e. The molecule has 2 amide bonds. The van der Waals surface area contributed by atoms with Crippen LogP contribution in [0, 0.1) is 17.8 Å². The van der Waals surface area contributed by atoms with Crippen LogP contribution in [0.25, 0.3) is 0 Å². The number of amides is 2. The summed E-state index contributed by atoms with van der Waals surface area (Å²) in [6.45, 7) is 0.562. The number of hydrogen-bond acceptors (Lipinski definition) is 5. The highest BCUT2D eigenvalue weighted by molar-refractivity contribution is 7.80. The minimum absolute atomic E-state index is 0.00563. The van der Waals surface area contributed by atoms with E-state index in [2.05, 4.69) is 10.3 Å². The molecule has 168 valence electrons. The maximum absolute atomic E-state index is 12.9. The number of aliphatic imine (C=N–C) groups is 1. The van der Waals surface area contributed by atoms with Gasteiger partial charge in [0.15, 0.2) is 11.5 Å². The van der Waals surface area contributed by atoms with E-state index in [1.165, 1.54) is 0 Å². The lowest BCUT2D eigenvalue weighted by Crippen LogP contribution is -2.48. The summed E-state index contributed by atoms with van der Waals surface area (Å²) in [4.78, 5) is 31.8. The Morgan fingerprint density at radius 1 is 1.16 bits per heavy atom. The zero-order valence-electron chi connectivity index (χ0n) is 18.2. The van der Waals surface area contributed by atoms with Gasteiger partial charge in [-0.2, -0.15) is 0 Å². The third kappa shape index (κ3) is 4.60. The second-order valence-corrected chi connectivity index (χ2v) is 8.63. The minimum Gasteiger partial charge on any atom is -0.493 e. The molecular formula is C24H27N3O4S. The SMILES string of the molecule is COc1ccc(NC(=O)C2CCC(CN3C(=O)C4C=CC=CC4=NC3=S)CC2)cc1OC. The fourth-order valence-electron chi connectivity index (χ4n) is 4.47. The second kappa shape index (κ2) is 9.65. The summed E-state index contributed by atoms with van der Waals surface area (Å²) in [7, 11) is 3.14. The van der Waals surface area contributed by atoms with E-state index < -0.39 is 0 Å². The lowest BCUT2D eigenvalue weighted by molar-refractivity contribution is -0.129. The summed E-state index contributed by atoms with van der Waals surface area (Å²) in [5, 5.41) is 3.33. The van der Waals surface area contributed by atoms with E-state index in [9.17, 15) is 9.59 Å². The summed E-state index contributed by atoms with van der Waals surface area (Å²) in [6.07, 6.45) is 10.7. The Hall–Kier alpha value is -3.00. The molecule has 4 rings (SSSR count). The van der Waals surface area contributed by atoms with Crippen molar-refractivity contribution in [3.05, 3.63) is 42.5 Å². The van der Waals surface area contributed by atoms with Crippen LogP contribution in [0.3, 0.4) is 0 Å². The number of allylic oxidation sites excluding steroid dienone is 3. The van der Waals surface area contributed by atoms with Gasteiger partial charge in [0, 0.05) is 24.2 Å². The number of carbonyl (C=O) groups excluding carboxylic acids is 2. The van der Waals surface area contributed by atoms with Gasteiger partial charge < -0.3 is 14.8 Å². The van der Waals surface area contributed by atoms with Gasteiger partial charge in [-0.1, -0.05) is 18.2 Å². The van der Waals surface area contributed by atoms with Gasteiger partial charge >= 0.3 is 0 Å². The summed E-state index contributed by atoms with van der Waals surface area (Å²) in [5.41, 5.74) is 1.40. The Labute approximate surface area is 193 Å². The summed E-state index contributed by atoms with van der Waals surface area (Å²) < 4.78 is 10.5. The second-order valence-electron chi connectivity index (χ2n) is 8.27. The molecule has 1 fully saturated rings. The quantitative estimate of drug-likeness (QED) is 0.664. The number of hydrogen-bond donors (Lipinski definition) is 1. The number of thiocarbonyl (C=S) groups is 1. The average Bonchev–Trinajstić information content (AvgIpc) is 2.82. The fraction of sp³-hybridized carbons (Fsp3) is 0.417. The lowest BCUT2D eigenvalue weighted by atomic mass is 9.81. The van der Waals surface area contributed by atoms with Crippen LogP contribution in [0.15, 0.2) is 47.5 Å². The van der Waals surface area contributed by atoms with Gasteiger partial charge in [0.1, 0.15) is 0 Å². The molecule has 0 spiro atoms. The van der Waals surface area contributed by atoms with Crippen molar-refractivity contribution in [2.24, 2.45) is 22.7 Å². The number of anilines is 1. The van der Waals surface area contributed by atoms with Crippen LogP contribution in [-0.4, -0.2) is 48.3 Å². The van der Waals surface area contributed by atoms with Gasteiger partial charge in [0.25, 0.3) is 0 Å². The Bertz CT molecular complexity index is 1010. The van der Waals surface area contributed by atoms with E-state index in [1.54, 1.807) is 37.3 Å². The molecule has 1 unspecified atom stereocenters. The van der Waals surface area contributed by atoms with Crippen molar-refractivity contribution in [2.75, 3.05) is 26.1 Å². The van der Waals surface area contributed by atoms with Gasteiger partial charge in [0.05, 0.1) is 25.8 Å². The third-order valence-electron chi connectivity index (χ3n) is 6.30. The predicted octanol–water partition coefficient (Wildman–Crippen LogP) is 3.76. The number of nitrogens with one attached hydrogen (secondary N) is 1. The van der Waals surface area contributed by atoms with Crippen LogP contribution in [0.1, 0.15) is 25.7 Å². The molecule has 0 aromatic heterocycles. The number of methoxy groups -OCH3 is 2. The highest BCUT2D eigenvalue weighted by Gasteiger charge is 2.36. The molecular weight excluding hydrogens is 426 g/mol. The van der Waals surface area contributed by atoms with Crippen LogP contribution >= 0.6 is 12.2 Å². The van der Waals surface area contributed by atoms with Crippen LogP contribution in [0.2, 0.25) is 0 Å². The highest BCUT2D eigenvalue weighted by Crippen LogP contribution is 2.33. The van der Waals surface area contributed by atoms with Gasteiger partial charge in [-0.05, 0) is 62.0 Å². The summed E-state index contributed by atoms with van der Waals surface area (Å²) >= 11 is 5.39. The molecule has 3 aliphatic rings. The number of nitrogens with zero attached hydrogens (tertiary/aromatic N) is 2. The van der Waals surface area contributed by atoms with Crippen LogP contribution in [0.4, 0.5) is 5.69 Å². The largest absolute Gasteiger partial charge is 0.493 e. The molecule has 1 heterocycles. The molecule has 1 atom stereocenters. The number of rotatable bonds is 6. The van der Waals surface area contributed by atoms with Crippen molar-refractivity contribution in [3.8, 4) is 11.5 Å². The van der Waals surface area contributed by atoms with Gasteiger partial charge in [-0.25, -0.2) is 4.99 Å². The Morgan fingerprint density at radius 3 is 2.62 bits per heavy atom. The predicted molar refractivity (Wildman–Crippen MR) is 127 cm³/mol. The van der Waals surface area contributed by atoms with Crippen molar-refractivity contribution in [2.45, 2.75) is 25.7 Å². The van der Waals surface area contributed by atoms with Crippen LogP contribution in [-0.2, 0) is 9.59 Å². The Morgan fingerprint density at radius 2 is 1.91 bits per heavy atom. The van der Waals surface area contributed by atoms with Gasteiger partial charge in [-0.3, -0.25) is 14.5 Å². The topological polar surface area (TPSA) is 80.2 Å². The zero-order chi connectivity index (χ0) is 22.7. The van der Waals surface area contributed by atoms with Crippen molar-refractivity contribution in [1.82, 2.24) is 4.90 Å². The molecule has 0 radical (unpaired) electrons.